The molecule has 0 atom stereocenters. The molecule has 0 saturated heterocycles. The van der Waals surface area contributed by atoms with Gasteiger partial charge in [-0.25, -0.2) is 4.98 Å². The van der Waals surface area contributed by atoms with Crippen molar-refractivity contribution in [2.24, 2.45) is 11.8 Å². The van der Waals surface area contributed by atoms with E-state index in [2.05, 4.69) is 15.3 Å². The molecule has 0 saturated carbocycles. The van der Waals surface area contributed by atoms with Crippen LogP contribution in [0.4, 0.5) is 11.5 Å². The van der Waals surface area contributed by atoms with E-state index in [0.717, 1.165) is 0 Å². The van der Waals surface area contributed by atoms with Gasteiger partial charge in [-0.2, -0.15) is 4.98 Å². The zero-order chi connectivity index (χ0) is 15.3. The maximum absolute atomic E-state index is 11.2. The standard InChI is InChI=1S/C13H22N4O3/c1-8(2)6-10-15-12(14-7-9(3)4)11(17(18)19)13(16-10)20-5/h8-9H,6-7H2,1-5H3,(H,14,15,16). The molecule has 7 nitrogen and oxygen atoms in total. The lowest BCUT2D eigenvalue weighted by atomic mass is 10.1. The Bertz CT molecular complexity index is 475. The first-order valence-electron chi connectivity index (χ1n) is 6.68. The van der Waals surface area contributed by atoms with Gasteiger partial charge < -0.3 is 10.1 Å². The third kappa shape index (κ3) is 4.32. The predicted molar refractivity (Wildman–Crippen MR) is 77.1 cm³/mol. The topological polar surface area (TPSA) is 90.2 Å². The number of hydrogen-bond acceptors (Lipinski definition) is 6. The van der Waals surface area contributed by atoms with E-state index in [4.69, 9.17) is 4.74 Å². The van der Waals surface area contributed by atoms with Gasteiger partial charge in [-0.3, -0.25) is 10.1 Å². The first-order valence-corrected chi connectivity index (χ1v) is 6.68. The van der Waals surface area contributed by atoms with Crippen LogP contribution in [-0.2, 0) is 6.42 Å². The molecule has 112 valence electrons. The van der Waals surface area contributed by atoms with Crippen LogP contribution in [-0.4, -0.2) is 28.5 Å². The molecule has 0 bridgehead atoms. The lowest BCUT2D eigenvalue weighted by Gasteiger charge is -2.12. The van der Waals surface area contributed by atoms with Gasteiger partial charge in [0, 0.05) is 13.0 Å². The van der Waals surface area contributed by atoms with Crippen molar-refractivity contribution < 1.29 is 9.66 Å². The first-order chi connectivity index (χ1) is 9.35. The quantitative estimate of drug-likeness (QED) is 0.610. The summed E-state index contributed by atoms with van der Waals surface area (Å²) in [6, 6.07) is 0. The molecular weight excluding hydrogens is 260 g/mol. The molecule has 1 heterocycles. The normalized spacial score (nSPS) is 10.9. The summed E-state index contributed by atoms with van der Waals surface area (Å²) < 4.78 is 5.04. The third-order valence-corrected chi connectivity index (χ3v) is 2.54. The Morgan fingerprint density at radius 1 is 1.25 bits per heavy atom. The van der Waals surface area contributed by atoms with Crippen molar-refractivity contribution in [1.82, 2.24) is 9.97 Å². The third-order valence-electron chi connectivity index (χ3n) is 2.54. The molecule has 20 heavy (non-hydrogen) atoms. The number of hydrogen-bond donors (Lipinski definition) is 1. The molecule has 0 radical (unpaired) electrons. The summed E-state index contributed by atoms with van der Waals surface area (Å²) in [5.41, 5.74) is -0.208. The summed E-state index contributed by atoms with van der Waals surface area (Å²) >= 11 is 0. The molecule has 0 aliphatic carbocycles. The molecule has 0 unspecified atom stereocenters. The van der Waals surface area contributed by atoms with Gasteiger partial charge in [0.15, 0.2) is 0 Å². The molecule has 1 aromatic heterocycles. The Morgan fingerprint density at radius 3 is 2.35 bits per heavy atom. The van der Waals surface area contributed by atoms with Crippen molar-refractivity contribution in [3.05, 3.63) is 15.9 Å². The molecule has 1 N–H and O–H groups in total. The SMILES string of the molecule is COc1nc(CC(C)C)nc(NCC(C)C)c1[N+](=O)[O-]. The number of nitrogens with zero attached hydrogens (tertiary/aromatic N) is 3. The number of anilines is 1. The molecule has 1 aromatic rings. The predicted octanol–water partition coefficient (Wildman–Crippen LogP) is 2.66. The second kappa shape index (κ2) is 7.02. The van der Waals surface area contributed by atoms with Crippen LogP contribution in [0.2, 0.25) is 0 Å². The zero-order valence-corrected chi connectivity index (χ0v) is 12.6. The van der Waals surface area contributed by atoms with Crippen LogP contribution in [0.3, 0.4) is 0 Å². The average molecular weight is 282 g/mol. The Kier molecular flexibility index (Phi) is 5.66. The van der Waals surface area contributed by atoms with Crippen LogP contribution in [0, 0.1) is 22.0 Å². The smallest absolute Gasteiger partial charge is 0.372 e. The monoisotopic (exact) mass is 282 g/mol. The van der Waals surface area contributed by atoms with E-state index in [1.54, 1.807) is 0 Å². The molecule has 1 rings (SSSR count). The number of methoxy groups -OCH3 is 1. The van der Waals surface area contributed by atoms with Crippen molar-refractivity contribution in [3.63, 3.8) is 0 Å². The van der Waals surface area contributed by atoms with Crippen LogP contribution in [0.25, 0.3) is 0 Å². The largest absolute Gasteiger partial charge is 0.476 e. The van der Waals surface area contributed by atoms with E-state index in [0.29, 0.717) is 30.6 Å². The lowest BCUT2D eigenvalue weighted by Crippen LogP contribution is -2.14. The minimum absolute atomic E-state index is 0.00639. The van der Waals surface area contributed by atoms with Crippen molar-refractivity contribution in [3.8, 4) is 5.88 Å². The number of nitro groups is 1. The van der Waals surface area contributed by atoms with Crippen LogP contribution in [0.5, 0.6) is 5.88 Å². The van der Waals surface area contributed by atoms with Crippen LogP contribution < -0.4 is 10.1 Å². The molecule has 0 spiro atoms. The van der Waals surface area contributed by atoms with Crippen molar-refractivity contribution in [2.75, 3.05) is 19.0 Å². The van der Waals surface area contributed by atoms with Crippen LogP contribution in [0.1, 0.15) is 33.5 Å². The molecule has 0 aliphatic rings. The van der Waals surface area contributed by atoms with Gasteiger partial charge >= 0.3 is 5.69 Å². The summed E-state index contributed by atoms with van der Waals surface area (Å²) in [5.74, 6) is 1.50. The molecule has 0 aliphatic heterocycles. The van der Waals surface area contributed by atoms with Gasteiger partial charge in [0.2, 0.25) is 5.82 Å². The minimum Gasteiger partial charge on any atom is -0.476 e. The Labute approximate surface area is 118 Å². The number of aromatic nitrogens is 2. The molecule has 7 heteroatoms. The van der Waals surface area contributed by atoms with Gasteiger partial charge in [-0.1, -0.05) is 27.7 Å². The van der Waals surface area contributed by atoms with Gasteiger partial charge in [0.25, 0.3) is 5.88 Å². The van der Waals surface area contributed by atoms with Crippen molar-refractivity contribution in [1.29, 1.82) is 0 Å². The molecule has 0 fully saturated rings. The summed E-state index contributed by atoms with van der Waals surface area (Å²) in [4.78, 5) is 19.1. The first kappa shape index (κ1) is 16.1. The lowest BCUT2D eigenvalue weighted by molar-refractivity contribution is -0.385. The van der Waals surface area contributed by atoms with E-state index >= 15 is 0 Å². The van der Waals surface area contributed by atoms with E-state index < -0.39 is 4.92 Å². The van der Waals surface area contributed by atoms with Crippen LogP contribution >= 0.6 is 0 Å². The zero-order valence-electron chi connectivity index (χ0n) is 12.6. The summed E-state index contributed by atoms with van der Waals surface area (Å²) in [5, 5.41) is 14.2. The van der Waals surface area contributed by atoms with E-state index in [1.165, 1.54) is 7.11 Å². The maximum atomic E-state index is 11.2. The Hall–Kier alpha value is -1.92. The molecule has 0 amide bonds. The van der Waals surface area contributed by atoms with E-state index in [1.807, 2.05) is 27.7 Å². The Balaban J connectivity index is 3.22. The van der Waals surface area contributed by atoms with Gasteiger partial charge in [0.05, 0.1) is 12.0 Å². The summed E-state index contributed by atoms with van der Waals surface area (Å²) in [7, 11) is 1.38. The van der Waals surface area contributed by atoms with E-state index in [9.17, 15) is 10.1 Å². The van der Waals surface area contributed by atoms with Crippen molar-refractivity contribution >= 4 is 11.5 Å². The molecule has 0 aromatic carbocycles. The average Bonchev–Trinajstić information content (AvgIpc) is 2.34. The number of rotatable bonds is 7. The number of ether oxygens (including phenoxy) is 1. The highest BCUT2D eigenvalue weighted by Crippen LogP contribution is 2.32. The molecular formula is C13H22N4O3. The van der Waals surface area contributed by atoms with Crippen molar-refractivity contribution in [2.45, 2.75) is 34.1 Å². The second-order valence-corrected chi connectivity index (χ2v) is 5.48. The Morgan fingerprint density at radius 2 is 1.90 bits per heavy atom. The minimum atomic E-state index is -0.513. The maximum Gasteiger partial charge on any atom is 0.372 e. The summed E-state index contributed by atoms with van der Waals surface area (Å²) in [6.45, 7) is 8.72. The summed E-state index contributed by atoms with van der Waals surface area (Å²) in [6.07, 6.45) is 0.644. The fourth-order valence-electron chi connectivity index (χ4n) is 1.67. The highest BCUT2D eigenvalue weighted by atomic mass is 16.6. The van der Waals surface area contributed by atoms with Gasteiger partial charge in [0.1, 0.15) is 5.82 Å². The second-order valence-electron chi connectivity index (χ2n) is 5.48. The highest BCUT2D eigenvalue weighted by Gasteiger charge is 2.26. The number of nitrogens with one attached hydrogen (secondary N) is 1. The fourth-order valence-corrected chi connectivity index (χ4v) is 1.67. The van der Waals surface area contributed by atoms with E-state index in [-0.39, 0.29) is 17.4 Å². The van der Waals surface area contributed by atoms with Gasteiger partial charge in [-0.05, 0) is 11.8 Å². The van der Waals surface area contributed by atoms with Crippen LogP contribution in [0.15, 0.2) is 0 Å². The van der Waals surface area contributed by atoms with Gasteiger partial charge in [-0.15, -0.1) is 0 Å². The fraction of sp³-hybridized carbons (Fsp3) is 0.692. The highest BCUT2D eigenvalue weighted by molar-refractivity contribution is 5.61.